The highest BCUT2D eigenvalue weighted by atomic mass is 32.2. The molecule has 3 fully saturated rings. The van der Waals surface area contributed by atoms with E-state index in [4.69, 9.17) is 58.3 Å². The number of nitrogens with one attached hydrogen (secondary N) is 9. The SMILES string of the molecule is CCc1[nH]nc2nc(Nc3cc(C)c(C4CCN(CCOC)CC4)cc3OC(C)C)nc(Nc3ccccc3S(=O)(=O)C(C)C)c12.COCCN1CCC(c2cc(OC(C)C)c(Nc3nc(Nc4ccccc4S(=O)(=O)C(C)C)c4c(-c5ccccc5)[nH]nc4n3)cc2C)CC1.COCCN1CCC(c2cc(OC(C)C)c(Nc3nc(Nc4ccccc4S(=O)(=O)C(C)C)c4c(C(C)C)[nH]nc4n3)cc2C)CC1. The first-order valence-electron chi connectivity index (χ1n) is 50.0. The van der Waals surface area contributed by atoms with E-state index in [0.717, 1.165) is 180 Å². The van der Waals surface area contributed by atoms with Crippen LogP contribution >= 0.6 is 0 Å². The van der Waals surface area contributed by atoms with Gasteiger partial charge in [0, 0.05) is 52.2 Å². The van der Waals surface area contributed by atoms with E-state index in [9.17, 15) is 25.3 Å². The normalized spacial score (nSPS) is 14.7. The van der Waals surface area contributed by atoms with E-state index in [2.05, 4.69) is 148 Å². The van der Waals surface area contributed by atoms with Gasteiger partial charge in [0.1, 0.15) is 34.7 Å². The number of ether oxygens (including phenoxy) is 6. The third-order valence-electron chi connectivity index (χ3n) is 26.4. The summed E-state index contributed by atoms with van der Waals surface area (Å²) in [6.07, 6.45) is 7.02. The molecule has 0 atom stereocenters. The van der Waals surface area contributed by atoms with Crippen LogP contribution in [0.5, 0.6) is 17.2 Å². The van der Waals surface area contributed by atoms with Crippen LogP contribution in [0.25, 0.3) is 44.4 Å². The Hall–Kier alpha value is -12.0. The Bertz CT molecular complexity index is 6890. The summed E-state index contributed by atoms with van der Waals surface area (Å²) in [4.78, 5) is 37.1. The minimum Gasteiger partial charge on any atom is -0.489 e. The molecule has 0 unspecified atom stereocenters. The molecule has 143 heavy (non-hydrogen) atoms. The van der Waals surface area contributed by atoms with Gasteiger partial charge in [-0.05, 0) is 318 Å². The quantitative estimate of drug-likeness (QED) is 0.0173. The number of fused-ring (bicyclic) bond motifs is 3. The maximum absolute atomic E-state index is 13.4. The van der Waals surface area contributed by atoms with Gasteiger partial charge >= 0.3 is 0 Å². The summed E-state index contributed by atoms with van der Waals surface area (Å²) in [7, 11) is -5.47. The fraction of sp³-hybridized carbons (Fsp3) is 0.467. The highest BCUT2D eigenvalue weighted by Crippen LogP contribution is 2.46. The second-order valence-electron chi connectivity index (χ2n) is 39.1. The van der Waals surface area contributed by atoms with Crippen LogP contribution in [-0.4, -0.2) is 235 Å². The van der Waals surface area contributed by atoms with Crippen molar-refractivity contribution in [1.82, 2.24) is 75.2 Å². The molecule has 13 aromatic rings. The minimum atomic E-state index is -3.60. The monoisotopic (exact) mass is 2010 g/mol. The zero-order chi connectivity index (χ0) is 102. The number of nitrogens with zero attached hydrogens (tertiary/aromatic N) is 12. The van der Waals surface area contributed by atoms with Gasteiger partial charge in [0.2, 0.25) is 17.8 Å². The lowest BCUT2D eigenvalue weighted by molar-refractivity contribution is 0.130. The smallest absolute Gasteiger partial charge is 0.231 e. The predicted octanol–water partition coefficient (Wildman–Crippen LogP) is 21.2. The minimum absolute atomic E-state index is 0.0366. The van der Waals surface area contributed by atoms with Crippen molar-refractivity contribution in [2.24, 2.45) is 0 Å². The van der Waals surface area contributed by atoms with Crippen molar-refractivity contribution in [2.45, 2.75) is 242 Å². The van der Waals surface area contributed by atoms with Crippen molar-refractivity contribution in [2.75, 3.05) is 132 Å². The number of hydrogen-bond donors (Lipinski definition) is 9. The van der Waals surface area contributed by atoms with Gasteiger partial charge < -0.3 is 75.0 Å². The maximum Gasteiger partial charge on any atom is 0.231 e. The molecule has 3 saturated heterocycles. The number of likely N-dealkylation sites (tertiary alicyclic amines) is 3. The third-order valence-corrected chi connectivity index (χ3v) is 33.0. The van der Waals surface area contributed by atoms with Crippen molar-refractivity contribution >= 4 is 132 Å². The molecule has 7 aromatic carbocycles. The number of methoxy groups -OCH3 is 3. The Morgan fingerprint density at radius 1 is 0.364 bits per heavy atom. The van der Waals surface area contributed by atoms with Crippen molar-refractivity contribution in [1.29, 1.82) is 0 Å². The highest BCUT2D eigenvalue weighted by Gasteiger charge is 2.34. The number of aryl methyl sites for hydroxylation is 4. The Kier molecular flexibility index (Phi) is 35.6. The number of aromatic amines is 3. The fourth-order valence-corrected chi connectivity index (χ4v) is 22.2. The van der Waals surface area contributed by atoms with E-state index < -0.39 is 45.3 Å². The molecule has 766 valence electrons. The Balaban J connectivity index is 0.000000170. The van der Waals surface area contributed by atoms with E-state index in [1.165, 1.54) is 27.8 Å². The molecule has 0 saturated carbocycles. The summed E-state index contributed by atoms with van der Waals surface area (Å²) in [5.41, 5.74) is 15.7. The highest BCUT2D eigenvalue weighted by molar-refractivity contribution is 7.92. The number of aromatic nitrogens is 12. The van der Waals surface area contributed by atoms with Crippen LogP contribution < -0.4 is 46.1 Å². The number of rotatable bonds is 39. The topological polar surface area (TPSA) is 403 Å². The van der Waals surface area contributed by atoms with Crippen LogP contribution in [0.15, 0.2) is 154 Å². The number of sulfone groups is 3. The molecule has 3 aliphatic heterocycles. The molecule has 0 radical (unpaired) electrons. The summed E-state index contributed by atoms with van der Waals surface area (Å²) in [5.74, 6) is 5.89. The van der Waals surface area contributed by atoms with Crippen LogP contribution in [0.2, 0.25) is 0 Å². The van der Waals surface area contributed by atoms with Crippen molar-refractivity contribution in [3.05, 3.63) is 184 Å². The lowest BCUT2D eigenvalue weighted by Crippen LogP contribution is -2.35. The first-order valence-corrected chi connectivity index (χ1v) is 54.6. The Labute approximate surface area is 842 Å². The molecule has 9 heterocycles. The number of hydrogen-bond acceptors (Lipinski definition) is 30. The molecule has 33 nitrogen and oxygen atoms in total. The number of piperidine rings is 3. The van der Waals surface area contributed by atoms with Crippen molar-refractivity contribution in [3.8, 4) is 28.5 Å². The Morgan fingerprint density at radius 3 is 1.00 bits per heavy atom. The summed E-state index contributed by atoms with van der Waals surface area (Å²) in [6, 6.07) is 43.3. The Morgan fingerprint density at radius 2 is 0.671 bits per heavy atom. The van der Waals surface area contributed by atoms with Crippen LogP contribution in [0, 0.1) is 20.8 Å². The summed E-state index contributed by atoms with van der Waals surface area (Å²) < 4.78 is 115. The molecule has 0 bridgehead atoms. The van der Waals surface area contributed by atoms with E-state index in [0.29, 0.717) is 110 Å². The van der Waals surface area contributed by atoms with Gasteiger partial charge in [0.05, 0.1) is 130 Å². The third kappa shape index (κ3) is 25.7. The summed E-state index contributed by atoms with van der Waals surface area (Å²) >= 11 is 0. The molecule has 9 N–H and O–H groups in total. The maximum atomic E-state index is 13.4. The first-order chi connectivity index (χ1) is 68.4. The molecule has 3 aliphatic rings. The van der Waals surface area contributed by atoms with Crippen molar-refractivity contribution < 1.29 is 53.7 Å². The second-order valence-corrected chi connectivity index (χ2v) is 46.5. The van der Waals surface area contributed by atoms with E-state index in [-0.39, 0.29) is 38.9 Å². The van der Waals surface area contributed by atoms with Crippen LogP contribution in [-0.2, 0) is 50.1 Å². The van der Waals surface area contributed by atoms with Gasteiger partial charge in [-0.15, -0.1) is 0 Å². The molecule has 36 heteroatoms. The van der Waals surface area contributed by atoms with Gasteiger partial charge in [-0.25, -0.2) is 25.3 Å². The van der Waals surface area contributed by atoms with Gasteiger partial charge in [0.25, 0.3) is 0 Å². The molecular formula is C107H143N21O12S3. The van der Waals surface area contributed by atoms with E-state index >= 15 is 0 Å². The lowest BCUT2D eigenvalue weighted by Gasteiger charge is -2.33. The van der Waals surface area contributed by atoms with E-state index in [1.54, 1.807) is 136 Å². The van der Waals surface area contributed by atoms with Gasteiger partial charge in [0.15, 0.2) is 46.5 Å². The average Bonchev–Trinajstić information content (AvgIpc) is 1.65. The number of anilines is 12. The zero-order valence-corrected chi connectivity index (χ0v) is 88.9. The molecule has 0 spiro atoms. The molecule has 0 amide bonds. The number of para-hydroxylation sites is 3. The number of H-pyrrole nitrogens is 3. The molecule has 6 aromatic heterocycles. The lowest BCUT2D eigenvalue weighted by atomic mass is 9.86. The summed E-state index contributed by atoms with van der Waals surface area (Å²) in [5, 5.41) is 43.5. The van der Waals surface area contributed by atoms with Gasteiger partial charge in [-0.3, -0.25) is 15.3 Å². The van der Waals surface area contributed by atoms with Gasteiger partial charge in [-0.1, -0.05) is 87.5 Å². The van der Waals surface area contributed by atoms with Crippen LogP contribution in [0.3, 0.4) is 0 Å². The molecule has 0 aliphatic carbocycles. The average molecular weight is 2010 g/mol. The van der Waals surface area contributed by atoms with Crippen LogP contribution in [0.4, 0.5) is 69.4 Å². The predicted molar refractivity (Wildman–Crippen MR) is 572 cm³/mol. The van der Waals surface area contributed by atoms with E-state index in [1.807, 2.05) is 78.8 Å². The van der Waals surface area contributed by atoms with Gasteiger partial charge in [-0.2, -0.15) is 45.2 Å². The zero-order valence-electron chi connectivity index (χ0n) is 86.5. The largest absolute Gasteiger partial charge is 0.489 e. The molecule has 16 rings (SSSR count). The van der Waals surface area contributed by atoms with Crippen molar-refractivity contribution in [3.63, 3.8) is 0 Å². The second kappa shape index (κ2) is 47.7. The molecular weight excluding hydrogens is 1870 g/mol. The standard InChI is InChI=1S/C38H47N7O4S.C35H49N7O4S.C34H47N7O4S/c1-24(2)49-32-23-29(27-16-18-45(19-17-27)20-21-48-6)26(5)22-31(32)40-38-41-36(39-30-14-10-11-15-33(30)50(46,47)25(3)4)34-35(43-44-37(34)42-38)28-12-8-7-9-13-28;1-21(2)32-31-33(36-27-11-9-10-12-30(27)47(43,44)23(5)6)38-35(39-34(31)41-40-32)37-28-19-24(7)26(20-29(28)46-22(3)4)25-13-15-42(16-14-25)17-18-45-8;1-8-26-31-32(35-27-11-9-10-12-30(27)46(42,43)22(4)5)37-34(38-33(31)40-39-26)36-28-19-23(6)25(20-29(28)45-21(2)3)24-13-15-41(16-14-24)17-18-44-7/h7-15,22-25,27H,16-21H2,1-6H3,(H3,39,40,41,42,43,44);9-12,19-23,25H,13-18H2,1-8H3,(H3,36,37,38,39,40,41);9-12,19-22,24H,8,13-18H2,1-7H3,(H3,35,36,37,38,39,40). The number of benzene rings is 7. The fourth-order valence-electron chi connectivity index (χ4n) is 18.6. The first kappa shape index (κ1) is 107. The van der Waals surface area contributed by atoms with Crippen LogP contribution in [0.1, 0.15) is 211 Å². The summed E-state index contributed by atoms with van der Waals surface area (Å²) in [6.45, 7) is 46.1.